The standard InChI is InChI=1S/C25H21N3O2/c29-24(16-19-15-18-8-1-3-9-20(18)27-25(19)30)26-21-10-4-6-12-23(21)28-14-13-17-7-2-5-11-22(17)28/h1-12,15H,13-14,16H2,(H,26,29)(H,27,30). The molecule has 0 saturated carbocycles. The molecule has 0 aliphatic carbocycles. The molecule has 0 bridgehead atoms. The van der Waals surface area contributed by atoms with E-state index in [0.29, 0.717) is 5.56 Å². The number of amides is 1. The summed E-state index contributed by atoms with van der Waals surface area (Å²) in [5.41, 5.74) is 5.18. The van der Waals surface area contributed by atoms with E-state index in [-0.39, 0.29) is 17.9 Å². The zero-order valence-corrected chi connectivity index (χ0v) is 16.4. The van der Waals surface area contributed by atoms with E-state index in [4.69, 9.17) is 0 Å². The lowest BCUT2D eigenvalue weighted by Gasteiger charge is -2.23. The molecule has 0 radical (unpaired) electrons. The SMILES string of the molecule is O=C(Cc1cc2ccccc2[nH]c1=O)Nc1ccccc1N1CCc2ccccc21. The van der Waals surface area contributed by atoms with Crippen LogP contribution < -0.4 is 15.8 Å². The quantitative estimate of drug-likeness (QED) is 0.538. The maximum Gasteiger partial charge on any atom is 0.252 e. The van der Waals surface area contributed by atoms with Gasteiger partial charge in [-0.15, -0.1) is 0 Å². The first-order chi connectivity index (χ1) is 14.7. The normalized spacial score (nSPS) is 12.7. The number of H-pyrrole nitrogens is 1. The second-order valence-corrected chi connectivity index (χ2v) is 7.48. The van der Waals surface area contributed by atoms with Gasteiger partial charge < -0.3 is 15.2 Å². The van der Waals surface area contributed by atoms with Gasteiger partial charge in [-0.25, -0.2) is 0 Å². The molecule has 1 aliphatic rings. The van der Waals surface area contributed by atoms with Crippen molar-refractivity contribution >= 4 is 33.9 Å². The van der Waals surface area contributed by atoms with E-state index in [0.717, 1.165) is 35.2 Å². The van der Waals surface area contributed by atoms with Gasteiger partial charge in [0.15, 0.2) is 0 Å². The van der Waals surface area contributed by atoms with E-state index >= 15 is 0 Å². The lowest BCUT2D eigenvalue weighted by Crippen LogP contribution is -2.22. The molecule has 1 amide bonds. The van der Waals surface area contributed by atoms with Crippen LogP contribution >= 0.6 is 0 Å². The smallest absolute Gasteiger partial charge is 0.252 e. The second kappa shape index (κ2) is 7.52. The van der Waals surface area contributed by atoms with Crippen LogP contribution in [-0.4, -0.2) is 17.4 Å². The highest BCUT2D eigenvalue weighted by Crippen LogP contribution is 2.38. The van der Waals surface area contributed by atoms with Gasteiger partial charge in [-0.1, -0.05) is 48.5 Å². The number of rotatable bonds is 4. The van der Waals surface area contributed by atoms with E-state index in [1.807, 2.05) is 54.6 Å². The Bertz CT molecular complexity index is 1310. The molecule has 5 heteroatoms. The molecule has 2 heterocycles. The number of aromatic amines is 1. The van der Waals surface area contributed by atoms with Crippen molar-refractivity contribution in [2.45, 2.75) is 12.8 Å². The average molecular weight is 395 g/mol. The number of pyridine rings is 1. The molecule has 30 heavy (non-hydrogen) atoms. The average Bonchev–Trinajstić information content (AvgIpc) is 3.19. The van der Waals surface area contributed by atoms with Crippen molar-refractivity contribution in [2.24, 2.45) is 0 Å². The monoisotopic (exact) mass is 395 g/mol. The van der Waals surface area contributed by atoms with Gasteiger partial charge in [0.2, 0.25) is 5.91 Å². The number of hydrogen-bond acceptors (Lipinski definition) is 3. The molecule has 2 N–H and O–H groups in total. The first-order valence-electron chi connectivity index (χ1n) is 10.0. The molecule has 4 aromatic rings. The number of carbonyl (C=O) groups excluding carboxylic acids is 1. The molecule has 0 saturated heterocycles. The van der Waals surface area contributed by atoms with Gasteiger partial charge in [0.1, 0.15) is 0 Å². The van der Waals surface area contributed by atoms with Crippen molar-refractivity contribution in [3.05, 3.63) is 100 Å². The summed E-state index contributed by atoms with van der Waals surface area (Å²) in [7, 11) is 0. The van der Waals surface area contributed by atoms with Crippen LogP contribution in [0.2, 0.25) is 0 Å². The molecular formula is C25H21N3O2. The molecule has 0 unspecified atom stereocenters. The number of anilines is 3. The van der Waals surface area contributed by atoms with Gasteiger partial charge in [0.25, 0.3) is 5.56 Å². The van der Waals surface area contributed by atoms with Gasteiger partial charge in [0, 0.05) is 23.3 Å². The van der Waals surface area contributed by atoms with Crippen LogP contribution in [0.15, 0.2) is 83.7 Å². The van der Waals surface area contributed by atoms with Gasteiger partial charge >= 0.3 is 0 Å². The van der Waals surface area contributed by atoms with Crippen molar-refractivity contribution in [2.75, 3.05) is 16.8 Å². The van der Waals surface area contributed by atoms with Crippen molar-refractivity contribution in [3.8, 4) is 0 Å². The fourth-order valence-corrected chi connectivity index (χ4v) is 4.09. The molecular weight excluding hydrogens is 374 g/mol. The summed E-state index contributed by atoms with van der Waals surface area (Å²) in [4.78, 5) is 30.3. The summed E-state index contributed by atoms with van der Waals surface area (Å²) in [5.74, 6) is -0.212. The largest absolute Gasteiger partial charge is 0.339 e. The van der Waals surface area contributed by atoms with Crippen LogP contribution in [0.1, 0.15) is 11.1 Å². The highest BCUT2D eigenvalue weighted by atomic mass is 16.2. The minimum atomic E-state index is -0.231. The highest BCUT2D eigenvalue weighted by Gasteiger charge is 2.22. The number of hydrogen-bond donors (Lipinski definition) is 2. The zero-order chi connectivity index (χ0) is 20.5. The number of benzene rings is 3. The molecule has 148 valence electrons. The predicted octanol–water partition coefficient (Wildman–Crippen LogP) is 4.40. The van der Waals surface area contributed by atoms with Crippen LogP contribution in [0.5, 0.6) is 0 Å². The zero-order valence-electron chi connectivity index (χ0n) is 16.4. The van der Waals surface area contributed by atoms with Crippen LogP contribution in [-0.2, 0) is 17.6 Å². The van der Waals surface area contributed by atoms with E-state index in [1.165, 1.54) is 11.3 Å². The van der Waals surface area contributed by atoms with Crippen molar-refractivity contribution in [1.29, 1.82) is 0 Å². The Morgan fingerprint density at radius 2 is 1.67 bits per heavy atom. The summed E-state index contributed by atoms with van der Waals surface area (Å²) in [6.45, 7) is 0.872. The van der Waals surface area contributed by atoms with E-state index < -0.39 is 0 Å². The molecule has 5 rings (SSSR count). The maximum atomic E-state index is 12.8. The molecule has 1 aromatic heterocycles. The van der Waals surface area contributed by atoms with Crippen molar-refractivity contribution in [3.63, 3.8) is 0 Å². The number of aromatic nitrogens is 1. The predicted molar refractivity (Wildman–Crippen MR) is 120 cm³/mol. The third-order valence-corrected chi connectivity index (χ3v) is 5.54. The van der Waals surface area contributed by atoms with Gasteiger partial charge in [-0.3, -0.25) is 9.59 Å². The summed E-state index contributed by atoms with van der Waals surface area (Å²) in [6, 6.07) is 25.5. The van der Waals surface area contributed by atoms with Crippen LogP contribution in [0.4, 0.5) is 17.1 Å². The third kappa shape index (κ3) is 3.35. The molecule has 0 spiro atoms. The first kappa shape index (κ1) is 18.2. The summed E-state index contributed by atoms with van der Waals surface area (Å²) < 4.78 is 0. The molecule has 1 aliphatic heterocycles. The minimum absolute atomic E-state index is 0.0189. The number of nitrogens with one attached hydrogen (secondary N) is 2. The number of carbonyl (C=O) groups is 1. The summed E-state index contributed by atoms with van der Waals surface area (Å²) in [6.07, 6.45) is 0.996. The van der Waals surface area contributed by atoms with Gasteiger partial charge in [-0.2, -0.15) is 0 Å². The van der Waals surface area contributed by atoms with Crippen molar-refractivity contribution < 1.29 is 4.79 Å². The lowest BCUT2D eigenvalue weighted by molar-refractivity contribution is -0.115. The summed E-state index contributed by atoms with van der Waals surface area (Å²) >= 11 is 0. The maximum absolute atomic E-state index is 12.8. The second-order valence-electron chi connectivity index (χ2n) is 7.48. The number of para-hydroxylation sites is 4. The Hall–Kier alpha value is -3.86. The fraction of sp³-hybridized carbons (Fsp3) is 0.120. The third-order valence-electron chi connectivity index (χ3n) is 5.54. The molecule has 3 aromatic carbocycles. The Morgan fingerprint density at radius 1 is 0.933 bits per heavy atom. The van der Waals surface area contributed by atoms with Gasteiger partial charge in [-0.05, 0) is 47.7 Å². The highest BCUT2D eigenvalue weighted by molar-refractivity contribution is 5.97. The van der Waals surface area contributed by atoms with E-state index in [1.54, 1.807) is 6.07 Å². The lowest BCUT2D eigenvalue weighted by atomic mass is 10.1. The summed E-state index contributed by atoms with van der Waals surface area (Å²) in [5, 5.41) is 3.92. The van der Waals surface area contributed by atoms with Crippen LogP contribution in [0, 0.1) is 0 Å². The minimum Gasteiger partial charge on any atom is -0.339 e. The Balaban J connectivity index is 1.40. The van der Waals surface area contributed by atoms with Crippen LogP contribution in [0.25, 0.3) is 10.9 Å². The van der Waals surface area contributed by atoms with Crippen molar-refractivity contribution in [1.82, 2.24) is 4.98 Å². The number of nitrogens with zero attached hydrogens (tertiary/aromatic N) is 1. The molecule has 0 fully saturated rings. The Morgan fingerprint density at radius 3 is 2.57 bits per heavy atom. The molecule has 5 nitrogen and oxygen atoms in total. The first-order valence-corrected chi connectivity index (χ1v) is 10.0. The van der Waals surface area contributed by atoms with Crippen LogP contribution in [0.3, 0.4) is 0 Å². The van der Waals surface area contributed by atoms with Gasteiger partial charge in [0.05, 0.1) is 17.8 Å². The Kier molecular flexibility index (Phi) is 4.56. The molecule has 0 atom stereocenters. The van der Waals surface area contributed by atoms with E-state index in [2.05, 4.69) is 33.4 Å². The van der Waals surface area contributed by atoms with E-state index in [9.17, 15) is 9.59 Å². The number of fused-ring (bicyclic) bond motifs is 2. The topological polar surface area (TPSA) is 65.2 Å². The fourth-order valence-electron chi connectivity index (χ4n) is 4.09. The Labute approximate surface area is 174 Å².